The molecule has 7 heteroatoms. The number of aromatic amines is 2. The fourth-order valence-electron chi connectivity index (χ4n) is 3.81. The number of nitrogens with two attached hydrogens (primary N) is 1. The fraction of sp³-hybridized carbons (Fsp3) is 0. The van der Waals surface area contributed by atoms with Crippen LogP contribution in [-0.2, 0) is 0 Å². The molecule has 7 nitrogen and oxygen atoms in total. The van der Waals surface area contributed by atoms with E-state index in [1.54, 1.807) is 6.20 Å². The first-order valence-corrected chi connectivity index (χ1v) is 9.37. The average molecular weight is 395 g/mol. The van der Waals surface area contributed by atoms with E-state index in [0.717, 1.165) is 21.9 Å². The predicted octanol–water partition coefficient (Wildman–Crippen LogP) is 4.06. The van der Waals surface area contributed by atoms with E-state index in [1.807, 2.05) is 60.7 Å². The zero-order valence-electron chi connectivity index (χ0n) is 15.8. The number of anilines is 1. The molecule has 0 saturated heterocycles. The first kappa shape index (κ1) is 17.7. The normalized spacial score (nSPS) is 11.1. The van der Waals surface area contributed by atoms with Crippen molar-refractivity contribution in [2.45, 2.75) is 0 Å². The maximum Gasteiger partial charge on any atom is 0.291 e. The summed E-state index contributed by atoms with van der Waals surface area (Å²) in [5, 5.41) is 4.63. The molecule has 0 bridgehead atoms. The molecular formula is C23H17N5O2. The maximum atomic E-state index is 12.7. The van der Waals surface area contributed by atoms with Crippen LogP contribution in [0.25, 0.3) is 32.9 Å². The van der Waals surface area contributed by atoms with Crippen molar-refractivity contribution in [1.82, 2.24) is 15.0 Å². The Morgan fingerprint density at radius 3 is 2.47 bits per heavy atom. The van der Waals surface area contributed by atoms with E-state index in [2.05, 4.69) is 20.3 Å². The molecule has 3 aromatic carbocycles. The number of fused-ring (bicyclic) bond motifs is 3. The largest absolute Gasteiger partial charge is 0.366 e. The molecule has 30 heavy (non-hydrogen) atoms. The minimum absolute atomic E-state index is 0.175. The van der Waals surface area contributed by atoms with Gasteiger partial charge >= 0.3 is 0 Å². The molecule has 0 aliphatic carbocycles. The van der Waals surface area contributed by atoms with Crippen LogP contribution in [0.3, 0.4) is 0 Å². The van der Waals surface area contributed by atoms with Crippen LogP contribution < -0.4 is 11.1 Å². The number of hydrogen-bond acceptors (Lipinski definition) is 3. The first-order valence-electron chi connectivity index (χ1n) is 9.37. The third-order valence-corrected chi connectivity index (χ3v) is 5.07. The van der Waals surface area contributed by atoms with Gasteiger partial charge in [-0.25, -0.2) is 4.98 Å². The van der Waals surface area contributed by atoms with Crippen molar-refractivity contribution < 1.29 is 9.59 Å². The summed E-state index contributed by atoms with van der Waals surface area (Å²) in [5.74, 6) is -0.819. The predicted molar refractivity (Wildman–Crippen MR) is 116 cm³/mol. The standard InChI is InChI=1S/C23H17N5O2/c24-21(29)19-18(13-6-2-1-3-7-13)17(28-23(30)22-25-10-11-26-22)12-15-14-8-4-5-9-16(14)27-20(15)19/h1-12,27H,(H2,24,29)(H,25,26)(H,28,30). The van der Waals surface area contributed by atoms with Crippen LogP contribution in [0.2, 0.25) is 0 Å². The van der Waals surface area contributed by atoms with E-state index in [-0.39, 0.29) is 5.82 Å². The first-order chi connectivity index (χ1) is 14.6. The van der Waals surface area contributed by atoms with Crippen molar-refractivity contribution in [2.75, 3.05) is 5.32 Å². The Bertz CT molecular complexity index is 1400. The summed E-state index contributed by atoms with van der Waals surface area (Å²) in [6, 6.07) is 19.0. The van der Waals surface area contributed by atoms with Crippen molar-refractivity contribution in [3.05, 3.63) is 84.4 Å². The Hall–Kier alpha value is -4.39. The Morgan fingerprint density at radius 2 is 1.73 bits per heavy atom. The lowest BCUT2D eigenvalue weighted by atomic mass is 9.94. The number of nitrogens with zero attached hydrogens (tertiary/aromatic N) is 1. The van der Waals surface area contributed by atoms with Crippen molar-refractivity contribution in [2.24, 2.45) is 5.73 Å². The van der Waals surface area contributed by atoms with Gasteiger partial charge in [0.05, 0.1) is 16.8 Å². The highest BCUT2D eigenvalue weighted by atomic mass is 16.2. The van der Waals surface area contributed by atoms with Gasteiger partial charge in [-0.3, -0.25) is 9.59 Å². The average Bonchev–Trinajstić information content (AvgIpc) is 3.41. The molecule has 0 atom stereocenters. The summed E-state index contributed by atoms with van der Waals surface area (Å²) in [5.41, 5.74) is 9.49. The van der Waals surface area contributed by atoms with Crippen LogP contribution in [0.4, 0.5) is 5.69 Å². The Balaban J connectivity index is 1.84. The summed E-state index contributed by atoms with van der Waals surface area (Å²) < 4.78 is 0. The van der Waals surface area contributed by atoms with Gasteiger partial charge < -0.3 is 21.0 Å². The second kappa shape index (κ2) is 6.89. The van der Waals surface area contributed by atoms with E-state index < -0.39 is 11.8 Å². The van der Waals surface area contributed by atoms with Crippen LogP contribution >= 0.6 is 0 Å². The maximum absolute atomic E-state index is 12.7. The highest BCUT2D eigenvalue weighted by Gasteiger charge is 2.23. The topological polar surface area (TPSA) is 117 Å². The SMILES string of the molecule is NC(=O)c1c(-c2ccccc2)c(NC(=O)c2ncc[nH]2)cc2c1[nH]c1ccccc12. The number of aromatic nitrogens is 3. The molecule has 0 spiro atoms. The van der Waals surface area contributed by atoms with E-state index >= 15 is 0 Å². The van der Waals surface area contributed by atoms with Gasteiger partial charge in [0, 0.05) is 34.2 Å². The monoisotopic (exact) mass is 395 g/mol. The summed E-state index contributed by atoms with van der Waals surface area (Å²) >= 11 is 0. The van der Waals surface area contributed by atoms with E-state index in [0.29, 0.717) is 22.3 Å². The van der Waals surface area contributed by atoms with Crippen molar-refractivity contribution in [3.8, 4) is 11.1 Å². The van der Waals surface area contributed by atoms with Crippen LogP contribution in [0.1, 0.15) is 21.0 Å². The zero-order chi connectivity index (χ0) is 20.7. The van der Waals surface area contributed by atoms with Gasteiger partial charge in [0.1, 0.15) is 0 Å². The number of carbonyl (C=O) groups is 2. The molecule has 5 N–H and O–H groups in total. The number of carbonyl (C=O) groups excluding carboxylic acids is 2. The lowest BCUT2D eigenvalue weighted by Gasteiger charge is -2.16. The smallest absolute Gasteiger partial charge is 0.291 e. The lowest BCUT2D eigenvalue weighted by Crippen LogP contribution is -2.18. The molecule has 0 aliphatic rings. The molecule has 146 valence electrons. The van der Waals surface area contributed by atoms with Gasteiger partial charge in [0.2, 0.25) is 0 Å². The van der Waals surface area contributed by atoms with Crippen molar-refractivity contribution >= 4 is 39.3 Å². The second-order valence-electron chi connectivity index (χ2n) is 6.89. The molecule has 2 amide bonds. The fourth-order valence-corrected chi connectivity index (χ4v) is 3.81. The number of para-hydroxylation sites is 1. The lowest BCUT2D eigenvalue weighted by molar-refractivity contribution is 0.0996. The quantitative estimate of drug-likeness (QED) is 0.367. The van der Waals surface area contributed by atoms with E-state index in [9.17, 15) is 9.59 Å². The second-order valence-corrected chi connectivity index (χ2v) is 6.89. The molecule has 0 unspecified atom stereocenters. The van der Waals surface area contributed by atoms with Crippen LogP contribution in [0, 0.1) is 0 Å². The van der Waals surface area contributed by atoms with Crippen LogP contribution in [-0.4, -0.2) is 26.8 Å². The highest BCUT2D eigenvalue weighted by molar-refractivity contribution is 6.21. The Kier molecular flexibility index (Phi) is 4.07. The molecule has 0 saturated carbocycles. The van der Waals surface area contributed by atoms with Crippen molar-refractivity contribution in [3.63, 3.8) is 0 Å². The number of rotatable bonds is 4. The van der Waals surface area contributed by atoms with Gasteiger partial charge in [-0.1, -0.05) is 48.5 Å². The third kappa shape index (κ3) is 2.80. The van der Waals surface area contributed by atoms with Crippen LogP contribution in [0.15, 0.2) is 73.1 Å². The number of benzene rings is 3. The van der Waals surface area contributed by atoms with E-state index in [1.165, 1.54) is 6.20 Å². The Morgan fingerprint density at radius 1 is 0.967 bits per heavy atom. The molecule has 0 radical (unpaired) electrons. The highest BCUT2D eigenvalue weighted by Crippen LogP contribution is 2.39. The van der Waals surface area contributed by atoms with Crippen molar-refractivity contribution in [1.29, 1.82) is 0 Å². The molecule has 0 fully saturated rings. The van der Waals surface area contributed by atoms with Gasteiger partial charge in [-0.15, -0.1) is 0 Å². The number of hydrogen-bond donors (Lipinski definition) is 4. The Labute approximate surface area is 170 Å². The minimum Gasteiger partial charge on any atom is -0.366 e. The molecule has 5 aromatic rings. The summed E-state index contributed by atoms with van der Waals surface area (Å²) in [6.45, 7) is 0. The number of imidazole rings is 1. The van der Waals surface area contributed by atoms with E-state index in [4.69, 9.17) is 5.73 Å². The number of H-pyrrole nitrogens is 2. The molecule has 2 aromatic heterocycles. The molecular weight excluding hydrogens is 378 g/mol. The van der Waals surface area contributed by atoms with Gasteiger partial charge in [-0.05, 0) is 17.7 Å². The molecule has 5 rings (SSSR count). The third-order valence-electron chi connectivity index (χ3n) is 5.07. The summed E-state index contributed by atoms with van der Waals surface area (Å²) in [7, 11) is 0. The summed E-state index contributed by atoms with van der Waals surface area (Å²) in [6.07, 6.45) is 3.08. The van der Waals surface area contributed by atoms with Gasteiger partial charge in [0.25, 0.3) is 11.8 Å². The molecule has 2 heterocycles. The minimum atomic E-state index is -0.584. The number of primary amides is 1. The number of nitrogens with one attached hydrogen (secondary N) is 3. The number of amides is 2. The molecule has 0 aliphatic heterocycles. The zero-order valence-corrected chi connectivity index (χ0v) is 15.8. The van der Waals surface area contributed by atoms with Gasteiger partial charge in [-0.2, -0.15) is 0 Å². The summed E-state index contributed by atoms with van der Waals surface area (Å²) in [4.78, 5) is 35.5. The van der Waals surface area contributed by atoms with Crippen LogP contribution in [0.5, 0.6) is 0 Å². The van der Waals surface area contributed by atoms with Gasteiger partial charge in [0.15, 0.2) is 5.82 Å².